The molecule has 1 aromatic rings. The molecule has 0 atom stereocenters. The molecule has 20 heavy (non-hydrogen) atoms. The number of rotatable bonds is 5. The average Bonchev–Trinajstić information content (AvgIpc) is 2.93. The molecule has 8 heteroatoms. The highest BCUT2D eigenvalue weighted by molar-refractivity contribution is 6.08. The molecule has 1 aromatic heterocycles. The number of imidazole rings is 1. The van der Waals surface area contributed by atoms with Gasteiger partial charge in [-0.25, -0.2) is 9.78 Å². The molecule has 0 aromatic carbocycles. The molecule has 0 spiro atoms. The van der Waals surface area contributed by atoms with Crippen LogP contribution >= 0.6 is 0 Å². The van der Waals surface area contributed by atoms with E-state index in [-0.39, 0.29) is 12.5 Å². The van der Waals surface area contributed by atoms with Crippen molar-refractivity contribution in [3.63, 3.8) is 0 Å². The summed E-state index contributed by atoms with van der Waals surface area (Å²) in [6.45, 7) is 3.32. The van der Waals surface area contributed by atoms with Gasteiger partial charge in [-0.1, -0.05) is 0 Å². The van der Waals surface area contributed by atoms with Crippen LogP contribution in [-0.4, -0.2) is 51.3 Å². The molecule has 2 rings (SSSR count). The molecule has 0 aliphatic carbocycles. The monoisotopic (exact) mass is 279 g/mol. The van der Waals surface area contributed by atoms with Crippen molar-refractivity contribution < 1.29 is 14.4 Å². The SMILES string of the molecule is CC1(C)NC(=O)N(CC(=O)NCCc2ncc[nH]2)C1=O. The first kappa shape index (κ1) is 14.0. The number of urea groups is 1. The molecule has 0 bridgehead atoms. The summed E-state index contributed by atoms with van der Waals surface area (Å²) in [5, 5.41) is 5.16. The number of carbonyl (C=O) groups is 3. The molecule has 4 amide bonds. The Morgan fingerprint density at radius 2 is 2.20 bits per heavy atom. The van der Waals surface area contributed by atoms with E-state index in [2.05, 4.69) is 20.6 Å². The number of nitrogens with zero attached hydrogens (tertiary/aromatic N) is 2. The fourth-order valence-corrected chi connectivity index (χ4v) is 1.92. The van der Waals surface area contributed by atoms with Crippen molar-refractivity contribution in [2.24, 2.45) is 0 Å². The average molecular weight is 279 g/mol. The smallest absolute Gasteiger partial charge is 0.325 e. The van der Waals surface area contributed by atoms with Crippen LogP contribution in [0.4, 0.5) is 4.79 Å². The van der Waals surface area contributed by atoms with Crippen molar-refractivity contribution in [2.45, 2.75) is 25.8 Å². The van der Waals surface area contributed by atoms with Gasteiger partial charge < -0.3 is 15.6 Å². The maximum Gasteiger partial charge on any atom is 0.325 e. The number of carbonyl (C=O) groups excluding carboxylic acids is 3. The highest BCUT2D eigenvalue weighted by Gasteiger charge is 2.44. The van der Waals surface area contributed by atoms with Crippen LogP contribution in [0.3, 0.4) is 0 Å². The predicted octanol–water partition coefficient (Wildman–Crippen LogP) is -0.601. The topological polar surface area (TPSA) is 107 Å². The van der Waals surface area contributed by atoms with E-state index in [0.29, 0.717) is 13.0 Å². The molecule has 2 heterocycles. The van der Waals surface area contributed by atoms with E-state index in [1.807, 2.05) is 0 Å². The number of hydrogen-bond donors (Lipinski definition) is 3. The van der Waals surface area contributed by atoms with Gasteiger partial charge in [-0.3, -0.25) is 14.5 Å². The second-order valence-corrected chi connectivity index (χ2v) is 5.08. The van der Waals surface area contributed by atoms with Gasteiger partial charge in [-0.05, 0) is 13.8 Å². The van der Waals surface area contributed by atoms with Crippen LogP contribution in [0.1, 0.15) is 19.7 Å². The van der Waals surface area contributed by atoms with Gasteiger partial charge in [0.15, 0.2) is 0 Å². The fourth-order valence-electron chi connectivity index (χ4n) is 1.92. The summed E-state index contributed by atoms with van der Waals surface area (Å²) in [6, 6.07) is -0.541. The molecule has 0 saturated carbocycles. The van der Waals surface area contributed by atoms with Crippen molar-refractivity contribution in [1.29, 1.82) is 0 Å². The maximum absolute atomic E-state index is 11.9. The number of imide groups is 1. The highest BCUT2D eigenvalue weighted by Crippen LogP contribution is 2.15. The minimum atomic E-state index is -0.953. The molecular formula is C12H17N5O3. The van der Waals surface area contributed by atoms with Crippen molar-refractivity contribution in [3.05, 3.63) is 18.2 Å². The van der Waals surface area contributed by atoms with Gasteiger partial charge in [-0.2, -0.15) is 0 Å². The lowest BCUT2D eigenvalue weighted by Crippen LogP contribution is -2.43. The van der Waals surface area contributed by atoms with E-state index in [4.69, 9.17) is 0 Å². The van der Waals surface area contributed by atoms with Crippen LogP contribution in [-0.2, 0) is 16.0 Å². The van der Waals surface area contributed by atoms with E-state index in [0.717, 1.165) is 10.7 Å². The number of H-pyrrole nitrogens is 1. The molecule has 3 N–H and O–H groups in total. The molecule has 1 aliphatic heterocycles. The van der Waals surface area contributed by atoms with E-state index < -0.39 is 17.5 Å². The summed E-state index contributed by atoms with van der Waals surface area (Å²) in [5.74, 6) is -0.0112. The van der Waals surface area contributed by atoms with E-state index in [1.54, 1.807) is 26.2 Å². The number of aromatic amines is 1. The largest absolute Gasteiger partial charge is 0.354 e. The number of aromatic nitrogens is 2. The third-order valence-electron chi connectivity index (χ3n) is 2.98. The molecule has 1 fully saturated rings. The van der Waals surface area contributed by atoms with E-state index >= 15 is 0 Å². The Bertz CT molecular complexity index is 523. The second kappa shape index (κ2) is 5.32. The van der Waals surface area contributed by atoms with Gasteiger partial charge in [0.1, 0.15) is 17.9 Å². The fraction of sp³-hybridized carbons (Fsp3) is 0.500. The second-order valence-electron chi connectivity index (χ2n) is 5.08. The number of hydrogen-bond acceptors (Lipinski definition) is 4. The zero-order valence-corrected chi connectivity index (χ0v) is 11.4. The van der Waals surface area contributed by atoms with Crippen molar-refractivity contribution in [1.82, 2.24) is 25.5 Å². The predicted molar refractivity (Wildman–Crippen MR) is 69.6 cm³/mol. The van der Waals surface area contributed by atoms with Crippen molar-refractivity contribution in [2.75, 3.05) is 13.1 Å². The third kappa shape index (κ3) is 2.95. The van der Waals surface area contributed by atoms with Gasteiger partial charge in [0.25, 0.3) is 5.91 Å². The van der Waals surface area contributed by atoms with Gasteiger partial charge in [0.2, 0.25) is 5.91 Å². The molecule has 0 unspecified atom stereocenters. The molecule has 1 aliphatic rings. The Morgan fingerprint density at radius 3 is 2.75 bits per heavy atom. The van der Waals surface area contributed by atoms with E-state index in [1.165, 1.54) is 0 Å². The third-order valence-corrected chi connectivity index (χ3v) is 2.98. The lowest BCUT2D eigenvalue weighted by atomic mass is 10.1. The van der Waals surface area contributed by atoms with Crippen LogP contribution in [0, 0.1) is 0 Å². The summed E-state index contributed by atoms with van der Waals surface area (Å²) >= 11 is 0. The summed E-state index contributed by atoms with van der Waals surface area (Å²) in [7, 11) is 0. The van der Waals surface area contributed by atoms with Gasteiger partial charge in [0, 0.05) is 25.4 Å². The van der Waals surface area contributed by atoms with Gasteiger partial charge >= 0.3 is 6.03 Å². The number of amides is 4. The van der Waals surface area contributed by atoms with Crippen molar-refractivity contribution >= 4 is 17.8 Å². The zero-order valence-electron chi connectivity index (χ0n) is 11.4. The van der Waals surface area contributed by atoms with Crippen LogP contribution < -0.4 is 10.6 Å². The molecule has 0 radical (unpaired) electrons. The summed E-state index contributed by atoms with van der Waals surface area (Å²) in [5.41, 5.74) is -0.953. The first-order valence-electron chi connectivity index (χ1n) is 6.29. The van der Waals surface area contributed by atoms with E-state index in [9.17, 15) is 14.4 Å². The summed E-state index contributed by atoms with van der Waals surface area (Å²) in [4.78, 5) is 43.1. The highest BCUT2D eigenvalue weighted by atomic mass is 16.2. The molecule has 1 saturated heterocycles. The summed E-state index contributed by atoms with van der Waals surface area (Å²) < 4.78 is 0. The molecular weight excluding hydrogens is 262 g/mol. The normalized spacial score (nSPS) is 17.2. The Labute approximate surface area is 115 Å². The van der Waals surface area contributed by atoms with Gasteiger partial charge in [0.05, 0.1) is 0 Å². The first-order valence-corrected chi connectivity index (χ1v) is 6.29. The molecule has 8 nitrogen and oxygen atoms in total. The first-order chi connectivity index (χ1) is 9.40. The Hall–Kier alpha value is -2.38. The standard InChI is InChI=1S/C12H17N5O3/c1-12(2)10(19)17(11(20)16-12)7-9(18)15-4-3-8-13-5-6-14-8/h5-6H,3-4,7H2,1-2H3,(H,13,14)(H,15,18)(H,16,20). The minimum absolute atomic E-state index is 0.272. The molecule has 108 valence electrons. The van der Waals surface area contributed by atoms with Crippen LogP contribution in [0.2, 0.25) is 0 Å². The Kier molecular flexibility index (Phi) is 3.73. The van der Waals surface area contributed by atoms with Crippen molar-refractivity contribution in [3.8, 4) is 0 Å². The Morgan fingerprint density at radius 1 is 1.45 bits per heavy atom. The maximum atomic E-state index is 11.9. The van der Waals surface area contributed by atoms with Crippen LogP contribution in [0.25, 0.3) is 0 Å². The summed E-state index contributed by atoms with van der Waals surface area (Å²) in [6.07, 6.45) is 3.89. The minimum Gasteiger partial charge on any atom is -0.354 e. The van der Waals surface area contributed by atoms with Gasteiger partial charge in [-0.15, -0.1) is 0 Å². The number of nitrogens with one attached hydrogen (secondary N) is 3. The lowest BCUT2D eigenvalue weighted by molar-refractivity contribution is -0.134. The van der Waals surface area contributed by atoms with Crippen LogP contribution in [0.5, 0.6) is 0 Å². The van der Waals surface area contributed by atoms with Crippen LogP contribution in [0.15, 0.2) is 12.4 Å². The zero-order chi connectivity index (χ0) is 14.8. The Balaban J connectivity index is 1.80. The quantitative estimate of drug-likeness (QED) is 0.625. The lowest BCUT2D eigenvalue weighted by Gasteiger charge is -2.15.